The molecular weight excluding hydrogens is 937 g/mol. The van der Waals surface area contributed by atoms with Crippen LogP contribution in [-0.4, -0.2) is 81.1 Å². The Bertz CT molecular complexity index is 2650. The fourth-order valence-electron chi connectivity index (χ4n) is 9.06. The van der Waals surface area contributed by atoms with Crippen molar-refractivity contribution in [3.05, 3.63) is 251 Å². The van der Waals surface area contributed by atoms with E-state index in [1.165, 1.54) is 7.11 Å². The second-order valence-electron chi connectivity index (χ2n) is 18.2. The van der Waals surface area contributed by atoms with E-state index in [1.54, 1.807) is 0 Å². The zero-order valence-corrected chi connectivity index (χ0v) is 41.5. The number of hydrogen-bond acceptors (Lipinski definition) is 12. The molecule has 0 bridgehead atoms. The largest absolute Gasteiger partial charge is 0.467 e. The van der Waals surface area contributed by atoms with E-state index >= 15 is 0 Å². The van der Waals surface area contributed by atoms with Crippen LogP contribution in [0.25, 0.3) is 0 Å². The zero-order chi connectivity index (χ0) is 50.6. The molecule has 2 fully saturated rings. The summed E-state index contributed by atoms with van der Waals surface area (Å²) >= 11 is 0. The summed E-state index contributed by atoms with van der Waals surface area (Å²) in [4.78, 5) is 14.2. The first-order valence-corrected chi connectivity index (χ1v) is 25.2. The molecule has 0 aromatic heterocycles. The second-order valence-corrected chi connectivity index (χ2v) is 18.2. The molecule has 12 nitrogen and oxygen atoms in total. The van der Waals surface area contributed by atoms with Gasteiger partial charge in [0.25, 0.3) is 0 Å². The molecule has 384 valence electrons. The van der Waals surface area contributed by atoms with Gasteiger partial charge in [0.05, 0.1) is 60.0 Å². The third-order valence-corrected chi connectivity index (χ3v) is 12.9. The maximum absolute atomic E-state index is 14.2. The van der Waals surface area contributed by atoms with Crippen molar-refractivity contribution in [2.45, 2.75) is 108 Å². The van der Waals surface area contributed by atoms with Crippen molar-refractivity contribution in [1.82, 2.24) is 0 Å². The van der Waals surface area contributed by atoms with E-state index in [1.807, 2.05) is 212 Å². The number of hydrogen-bond donors (Lipinski definition) is 0. The Morgan fingerprint density at radius 1 is 0.351 bits per heavy atom. The third kappa shape index (κ3) is 14.9. The fourth-order valence-corrected chi connectivity index (χ4v) is 9.06. The summed E-state index contributed by atoms with van der Waals surface area (Å²) in [5.41, 5.74) is 6.48. The van der Waals surface area contributed by atoms with E-state index in [0.717, 1.165) is 38.9 Å². The summed E-state index contributed by atoms with van der Waals surface area (Å²) in [6.45, 7) is 1.38. The molecule has 2 heterocycles. The first kappa shape index (κ1) is 52.5. The van der Waals surface area contributed by atoms with Crippen molar-refractivity contribution in [2.24, 2.45) is 0 Å². The number of carbonyl (C=O) groups is 1. The van der Waals surface area contributed by atoms with Crippen LogP contribution in [-0.2, 0) is 103 Å². The van der Waals surface area contributed by atoms with Crippen molar-refractivity contribution >= 4 is 5.97 Å². The van der Waals surface area contributed by atoms with Crippen molar-refractivity contribution < 1.29 is 56.9 Å². The quantitative estimate of drug-likeness (QED) is 0.0507. The lowest BCUT2D eigenvalue weighted by molar-refractivity contribution is -0.374. The summed E-state index contributed by atoms with van der Waals surface area (Å²) in [6.07, 6.45) is -10.3. The molecule has 0 aliphatic carbocycles. The minimum atomic E-state index is -1.33. The van der Waals surface area contributed by atoms with Crippen LogP contribution < -0.4 is 0 Å². The predicted molar refractivity (Wildman–Crippen MR) is 277 cm³/mol. The molecule has 0 radical (unpaired) electrons. The van der Waals surface area contributed by atoms with Crippen molar-refractivity contribution in [3.63, 3.8) is 0 Å². The molecule has 0 unspecified atom stereocenters. The highest BCUT2D eigenvalue weighted by molar-refractivity contribution is 5.75. The summed E-state index contributed by atoms with van der Waals surface area (Å²) in [6, 6.07) is 68.9. The van der Waals surface area contributed by atoms with Crippen LogP contribution in [0.5, 0.6) is 0 Å². The Balaban J connectivity index is 1.13. The van der Waals surface area contributed by atoms with E-state index in [-0.39, 0.29) is 52.9 Å². The number of methoxy groups -OCH3 is 1. The Morgan fingerprint density at radius 3 is 1.04 bits per heavy atom. The van der Waals surface area contributed by atoms with Gasteiger partial charge in [-0.25, -0.2) is 4.79 Å². The van der Waals surface area contributed by atoms with Gasteiger partial charge in [0.2, 0.25) is 0 Å². The van der Waals surface area contributed by atoms with Gasteiger partial charge in [0, 0.05) is 0 Å². The Hall–Kier alpha value is -6.39. The van der Waals surface area contributed by atoms with Crippen LogP contribution in [0.1, 0.15) is 38.9 Å². The topological polar surface area (TPSA) is 119 Å². The number of ether oxygens (including phenoxy) is 11. The van der Waals surface area contributed by atoms with Crippen molar-refractivity contribution in [3.8, 4) is 0 Å². The zero-order valence-electron chi connectivity index (χ0n) is 41.5. The summed E-state index contributed by atoms with van der Waals surface area (Å²) < 4.78 is 74.8. The highest BCUT2D eigenvalue weighted by Crippen LogP contribution is 2.37. The van der Waals surface area contributed by atoms with Crippen LogP contribution in [0, 0.1) is 0 Å². The molecule has 0 N–H and O–H groups in total. The first-order chi connectivity index (χ1) is 36.6. The lowest BCUT2D eigenvalue weighted by atomic mass is 9.95. The molecule has 2 saturated heterocycles. The highest BCUT2D eigenvalue weighted by Gasteiger charge is 2.56. The SMILES string of the molecule is COC(=O)[C@H]1O[C@@H](O[C@H]2[C@H](OCc3ccccc3)[C@@H](OCc3ccccc3)[C@H](OCc3ccccc3)O[C@@H]2COCc2ccccc2)[C@H](OCc2ccccc2)[C@@H](OCc2ccccc2)[C@@H]1OCc1ccccc1. The van der Waals surface area contributed by atoms with Gasteiger partial charge >= 0.3 is 5.97 Å². The van der Waals surface area contributed by atoms with Gasteiger partial charge in [0.1, 0.15) is 42.7 Å². The predicted octanol–water partition coefficient (Wildman–Crippen LogP) is 10.4. The molecule has 0 amide bonds. The molecule has 10 atom stereocenters. The number of rotatable bonds is 25. The molecule has 0 spiro atoms. The molecule has 2 aliphatic rings. The molecule has 7 aromatic carbocycles. The van der Waals surface area contributed by atoms with Gasteiger partial charge in [-0.05, 0) is 38.9 Å². The number of carbonyl (C=O) groups excluding carboxylic acids is 1. The van der Waals surface area contributed by atoms with Crippen LogP contribution in [0.3, 0.4) is 0 Å². The van der Waals surface area contributed by atoms with Gasteiger partial charge in [-0.1, -0.05) is 212 Å². The molecule has 0 saturated carbocycles. The molecule has 7 aromatic rings. The van der Waals surface area contributed by atoms with Crippen LogP contribution in [0.4, 0.5) is 0 Å². The maximum atomic E-state index is 14.2. The lowest BCUT2D eigenvalue weighted by Gasteiger charge is -2.49. The second kappa shape index (κ2) is 27.8. The number of benzene rings is 7. The molecule has 12 heteroatoms. The minimum absolute atomic E-state index is 0.0425. The van der Waals surface area contributed by atoms with Gasteiger partial charge in [-0.2, -0.15) is 0 Å². The Kier molecular flexibility index (Phi) is 19.7. The van der Waals surface area contributed by atoms with Crippen LogP contribution in [0.2, 0.25) is 0 Å². The van der Waals surface area contributed by atoms with Gasteiger partial charge in [-0.15, -0.1) is 0 Å². The maximum Gasteiger partial charge on any atom is 0.337 e. The average molecular weight is 1000 g/mol. The lowest BCUT2D eigenvalue weighted by Crippen LogP contribution is -2.67. The van der Waals surface area contributed by atoms with Gasteiger partial charge in [-0.3, -0.25) is 0 Å². The number of esters is 1. The summed E-state index contributed by atoms with van der Waals surface area (Å²) in [5, 5.41) is 0. The standard InChI is InChI=1S/C62H64O12/c1-64-60(63)57-55(67-39-47-27-13-4-14-28-47)56(68-40-48-29-15-5-16-30-48)59(70-42-50-33-19-7-20-34-50)62(74-57)73-53-52(44-65-37-45-23-9-2-10-24-45)72-61(71-43-51-35-21-8-22-36-51)58(69-41-49-31-17-6-18-32-49)54(53)66-38-46-25-11-3-12-26-46/h2-36,52-59,61-62H,37-44H2,1H3/t52-,53-,54+,55+,56+,57+,58-,59-,61-,62-/m1/s1. The van der Waals surface area contributed by atoms with Crippen LogP contribution in [0.15, 0.2) is 212 Å². The van der Waals surface area contributed by atoms with Gasteiger partial charge in [0.15, 0.2) is 18.7 Å². The molecule has 9 rings (SSSR count). The summed E-state index contributed by atoms with van der Waals surface area (Å²) in [7, 11) is 1.32. The van der Waals surface area contributed by atoms with E-state index in [9.17, 15) is 4.79 Å². The highest BCUT2D eigenvalue weighted by atomic mass is 16.8. The first-order valence-electron chi connectivity index (χ1n) is 25.2. The van der Waals surface area contributed by atoms with E-state index < -0.39 is 67.4 Å². The monoisotopic (exact) mass is 1000 g/mol. The third-order valence-electron chi connectivity index (χ3n) is 12.9. The molecular formula is C62H64O12. The van der Waals surface area contributed by atoms with E-state index in [4.69, 9.17) is 52.1 Å². The van der Waals surface area contributed by atoms with Crippen molar-refractivity contribution in [1.29, 1.82) is 0 Å². The van der Waals surface area contributed by atoms with Crippen LogP contribution >= 0.6 is 0 Å². The fraction of sp³-hybridized carbons (Fsp3) is 0.306. The minimum Gasteiger partial charge on any atom is -0.467 e. The average Bonchev–Trinajstić information content (AvgIpc) is 3.46. The Morgan fingerprint density at radius 2 is 0.662 bits per heavy atom. The van der Waals surface area contributed by atoms with E-state index in [2.05, 4.69) is 0 Å². The smallest absolute Gasteiger partial charge is 0.337 e. The normalized spacial score (nSPS) is 23.7. The summed E-state index contributed by atoms with van der Waals surface area (Å²) in [5.74, 6) is -0.676. The van der Waals surface area contributed by atoms with E-state index in [0.29, 0.717) is 0 Å². The van der Waals surface area contributed by atoms with Gasteiger partial charge < -0.3 is 52.1 Å². The van der Waals surface area contributed by atoms with Crippen molar-refractivity contribution in [2.75, 3.05) is 13.7 Å². The molecule has 2 aliphatic heterocycles. The Labute approximate surface area is 433 Å². The molecule has 74 heavy (non-hydrogen) atoms.